The molecule has 0 bridgehead atoms. The summed E-state index contributed by atoms with van der Waals surface area (Å²) in [4.78, 5) is 12.9. The topological polar surface area (TPSA) is 135 Å². The van der Waals surface area contributed by atoms with E-state index in [1.807, 2.05) is 0 Å². The van der Waals surface area contributed by atoms with Crippen LogP contribution >= 0.6 is 0 Å². The third kappa shape index (κ3) is 42.7. The van der Waals surface area contributed by atoms with E-state index in [1.165, 1.54) is 154 Å². The monoisotopic (exact) mass is 1010 g/mol. The molecule has 6 atom stereocenters. The molecule has 0 aliphatic carbocycles. The molecule has 4 N–H and O–H groups in total. The van der Waals surface area contributed by atoms with Gasteiger partial charge in [0.1, 0.15) is 30.5 Å². The summed E-state index contributed by atoms with van der Waals surface area (Å²) >= 11 is 0. The van der Waals surface area contributed by atoms with Gasteiger partial charge < -0.3 is 39.4 Å². The highest BCUT2D eigenvalue weighted by atomic mass is 16.7. The summed E-state index contributed by atoms with van der Waals surface area (Å²) in [7, 11) is 0. The maximum absolute atomic E-state index is 12.9. The number of esters is 1. The quantitative estimate of drug-likeness (QED) is 0.0267. The van der Waals surface area contributed by atoms with E-state index in [4.69, 9.17) is 18.9 Å². The Kier molecular flexibility index (Phi) is 49.8. The van der Waals surface area contributed by atoms with E-state index in [0.29, 0.717) is 13.0 Å². The summed E-state index contributed by atoms with van der Waals surface area (Å²) in [6.45, 7) is 4.41. The van der Waals surface area contributed by atoms with Crippen LogP contribution in [0.25, 0.3) is 0 Å². The second kappa shape index (κ2) is 53.2. The Labute approximate surface area is 441 Å². The first kappa shape index (κ1) is 67.4. The van der Waals surface area contributed by atoms with Crippen LogP contribution in [-0.4, -0.2) is 89.6 Å². The van der Waals surface area contributed by atoms with Gasteiger partial charge in [0.2, 0.25) is 0 Å². The molecule has 72 heavy (non-hydrogen) atoms. The lowest BCUT2D eigenvalue weighted by atomic mass is 9.99. The van der Waals surface area contributed by atoms with Crippen molar-refractivity contribution in [2.45, 2.75) is 282 Å². The van der Waals surface area contributed by atoms with Gasteiger partial charge in [0.05, 0.1) is 19.8 Å². The zero-order valence-electron chi connectivity index (χ0n) is 46.2. The van der Waals surface area contributed by atoms with Crippen LogP contribution in [0, 0.1) is 0 Å². The number of allylic oxidation sites excluding steroid dienone is 14. The van der Waals surface area contributed by atoms with Crippen molar-refractivity contribution in [1.82, 2.24) is 0 Å². The van der Waals surface area contributed by atoms with E-state index in [2.05, 4.69) is 98.9 Å². The first-order valence-electron chi connectivity index (χ1n) is 29.7. The molecule has 1 aliphatic rings. The molecule has 0 aromatic heterocycles. The van der Waals surface area contributed by atoms with Gasteiger partial charge in [-0.05, 0) is 64.2 Å². The highest BCUT2D eigenvalue weighted by Crippen LogP contribution is 2.23. The summed E-state index contributed by atoms with van der Waals surface area (Å²) in [6.07, 6.45) is 66.5. The summed E-state index contributed by atoms with van der Waals surface area (Å²) in [6, 6.07) is 0. The van der Waals surface area contributed by atoms with Crippen LogP contribution < -0.4 is 0 Å². The molecule has 1 saturated heterocycles. The number of carbonyl (C=O) groups is 1. The first-order valence-corrected chi connectivity index (χ1v) is 29.7. The molecule has 1 heterocycles. The lowest BCUT2D eigenvalue weighted by molar-refractivity contribution is -0.305. The maximum atomic E-state index is 12.9. The Morgan fingerprint density at radius 1 is 0.458 bits per heavy atom. The Balaban J connectivity index is 2.18. The lowest BCUT2D eigenvalue weighted by Crippen LogP contribution is -2.59. The molecule has 0 saturated carbocycles. The van der Waals surface area contributed by atoms with E-state index in [9.17, 15) is 25.2 Å². The van der Waals surface area contributed by atoms with Gasteiger partial charge in [-0.3, -0.25) is 4.79 Å². The summed E-state index contributed by atoms with van der Waals surface area (Å²) < 4.78 is 22.9. The third-order valence-electron chi connectivity index (χ3n) is 13.3. The second-order valence-corrected chi connectivity index (χ2v) is 20.1. The molecular formula is C63H110O9. The van der Waals surface area contributed by atoms with Gasteiger partial charge in [0.15, 0.2) is 6.29 Å². The number of aliphatic hydroxyl groups is 4. The fourth-order valence-corrected chi connectivity index (χ4v) is 8.78. The molecule has 416 valence electrons. The van der Waals surface area contributed by atoms with Crippen LogP contribution in [0.3, 0.4) is 0 Å². The van der Waals surface area contributed by atoms with Crippen LogP contribution in [0.1, 0.15) is 245 Å². The van der Waals surface area contributed by atoms with Crippen molar-refractivity contribution in [1.29, 1.82) is 0 Å². The van der Waals surface area contributed by atoms with E-state index < -0.39 is 43.4 Å². The van der Waals surface area contributed by atoms with Crippen LogP contribution in [0.5, 0.6) is 0 Å². The van der Waals surface area contributed by atoms with Crippen molar-refractivity contribution >= 4 is 5.97 Å². The molecule has 1 rings (SSSR count). The van der Waals surface area contributed by atoms with Crippen LogP contribution in [0.4, 0.5) is 0 Å². The normalized spacial score (nSPS) is 19.3. The molecule has 6 unspecified atom stereocenters. The Morgan fingerprint density at radius 3 is 1.22 bits per heavy atom. The molecule has 9 nitrogen and oxygen atoms in total. The minimum Gasteiger partial charge on any atom is -0.457 e. The van der Waals surface area contributed by atoms with Gasteiger partial charge in [0, 0.05) is 13.0 Å². The fourth-order valence-electron chi connectivity index (χ4n) is 8.78. The molecule has 0 spiro atoms. The predicted molar refractivity (Wildman–Crippen MR) is 302 cm³/mol. The van der Waals surface area contributed by atoms with Crippen LogP contribution in [0.2, 0.25) is 0 Å². The molecule has 0 aromatic rings. The van der Waals surface area contributed by atoms with Gasteiger partial charge in [-0.15, -0.1) is 0 Å². The van der Waals surface area contributed by atoms with E-state index in [1.54, 1.807) is 0 Å². The lowest BCUT2D eigenvalue weighted by Gasteiger charge is -2.39. The minimum atomic E-state index is -1.55. The average Bonchev–Trinajstić information content (AvgIpc) is 3.38. The minimum absolute atomic E-state index is 0.120. The van der Waals surface area contributed by atoms with Gasteiger partial charge in [-0.1, -0.05) is 259 Å². The summed E-state index contributed by atoms with van der Waals surface area (Å²) in [5.74, 6) is -0.369. The van der Waals surface area contributed by atoms with Gasteiger partial charge in [-0.25, -0.2) is 0 Å². The van der Waals surface area contributed by atoms with Crippen molar-refractivity contribution in [3.05, 3.63) is 85.1 Å². The molecule has 9 heteroatoms. The number of carbonyl (C=O) groups excluding carboxylic acids is 1. The highest BCUT2D eigenvalue weighted by Gasteiger charge is 2.44. The first-order chi connectivity index (χ1) is 35.4. The Morgan fingerprint density at radius 2 is 0.833 bits per heavy atom. The van der Waals surface area contributed by atoms with Crippen molar-refractivity contribution in [2.75, 3.05) is 26.4 Å². The molecule has 0 aromatic carbocycles. The SMILES string of the molecule is CC/C=C\C/C=C\C/C=C\C/C=C\C/C=C\C/C=C\C/C=C\CCCC(=O)OC(COCCCCCCCCCCCCCCCCCCCCCCCCCCCC)COC1OC(CO)C(O)C(O)C1O. The number of hydrogen-bond acceptors (Lipinski definition) is 9. The predicted octanol–water partition coefficient (Wildman–Crippen LogP) is 15.7. The fraction of sp³-hybridized carbons (Fsp3) is 0.762. The van der Waals surface area contributed by atoms with Crippen LogP contribution in [0.15, 0.2) is 85.1 Å². The summed E-state index contributed by atoms with van der Waals surface area (Å²) in [5.41, 5.74) is 0. The summed E-state index contributed by atoms with van der Waals surface area (Å²) in [5, 5.41) is 40.4. The van der Waals surface area contributed by atoms with Gasteiger partial charge in [-0.2, -0.15) is 0 Å². The third-order valence-corrected chi connectivity index (χ3v) is 13.3. The second-order valence-electron chi connectivity index (χ2n) is 20.1. The van der Waals surface area contributed by atoms with E-state index in [-0.39, 0.29) is 25.6 Å². The zero-order chi connectivity index (χ0) is 52.1. The van der Waals surface area contributed by atoms with Crippen LogP contribution in [-0.2, 0) is 23.7 Å². The largest absolute Gasteiger partial charge is 0.457 e. The molecular weight excluding hydrogens is 901 g/mol. The molecule has 1 aliphatic heterocycles. The highest BCUT2D eigenvalue weighted by molar-refractivity contribution is 5.69. The van der Waals surface area contributed by atoms with Gasteiger partial charge in [0.25, 0.3) is 0 Å². The average molecular weight is 1010 g/mol. The standard InChI is InChI=1S/C63H110O9/c1-3-5-7-9-11-13-15-17-19-21-23-25-27-28-29-31-33-35-37-39-41-43-45-47-49-51-53-69-55-57(56-70-63-62(68)61(67)60(66)58(54-64)72-63)71-59(65)52-50-48-46-44-42-40-38-36-34-32-30-26-24-22-20-18-16-14-12-10-8-6-4-2/h6,8,12,14,18,20,24,26,32,34,38,40,44,46,57-58,60-64,66-68H,3-5,7,9-11,13,15-17,19,21-23,25,27-31,33,35-37,39,41-43,45,47-56H2,1-2H3/b8-6-,14-12-,20-18-,26-24-,34-32-,40-38-,46-44-. The number of rotatable bonds is 51. The Bertz CT molecular complexity index is 1380. The van der Waals surface area contributed by atoms with Gasteiger partial charge >= 0.3 is 5.97 Å². The number of ether oxygens (including phenoxy) is 4. The Hall–Kier alpha value is -2.63. The maximum Gasteiger partial charge on any atom is 0.306 e. The van der Waals surface area contributed by atoms with Crippen molar-refractivity contribution in [3.8, 4) is 0 Å². The number of unbranched alkanes of at least 4 members (excludes halogenated alkanes) is 26. The number of aliphatic hydroxyl groups excluding tert-OH is 4. The van der Waals surface area contributed by atoms with E-state index in [0.717, 1.165) is 64.2 Å². The van der Waals surface area contributed by atoms with Crippen molar-refractivity contribution in [3.63, 3.8) is 0 Å². The van der Waals surface area contributed by atoms with Crippen molar-refractivity contribution in [2.24, 2.45) is 0 Å². The molecule has 0 radical (unpaired) electrons. The van der Waals surface area contributed by atoms with E-state index >= 15 is 0 Å². The molecule has 1 fully saturated rings. The number of hydrogen-bond donors (Lipinski definition) is 4. The molecule has 0 amide bonds. The smallest absolute Gasteiger partial charge is 0.306 e. The van der Waals surface area contributed by atoms with Crippen molar-refractivity contribution < 1.29 is 44.2 Å². The zero-order valence-corrected chi connectivity index (χ0v) is 46.2.